The van der Waals surface area contributed by atoms with Crippen LogP contribution >= 0.6 is 11.3 Å². The van der Waals surface area contributed by atoms with E-state index in [0.29, 0.717) is 6.04 Å². The van der Waals surface area contributed by atoms with E-state index in [1.807, 2.05) is 18.2 Å². The van der Waals surface area contributed by atoms with Gasteiger partial charge in [0, 0.05) is 42.9 Å². The Kier molecular flexibility index (Phi) is 4.43. The molecule has 1 aliphatic heterocycles. The van der Waals surface area contributed by atoms with Crippen LogP contribution in [0.5, 0.6) is 0 Å². The van der Waals surface area contributed by atoms with E-state index in [2.05, 4.69) is 26.3 Å². The number of hydrogen-bond acceptors (Lipinski definition) is 6. The average Bonchev–Trinajstić information content (AvgIpc) is 3.02. The zero-order valence-corrected chi connectivity index (χ0v) is 12.5. The van der Waals surface area contributed by atoms with E-state index < -0.39 is 0 Å². The molecule has 0 spiro atoms. The van der Waals surface area contributed by atoms with E-state index in [9.17, 15) is 0 Å². The van der Waals surface area contributed by atoms with Gasteiger partial charge in [-0.2, -0.15) is 5.26 Å². The van der Waals surface area contributed by atoms with Crippen LogP contribution in [0.4, 0.5) is 5.95 Å². The van der Waals surface area contributed by atoms with Crippen molar-refractivity contribution in [3.8, 4) is 6.07 Å². The Morgan fingerprint density at radius 3 is 3.00 bits per heavy atom. The van der Waals surface area contributed by atoms with Crippen molar-refractivity contribution in [1.82, 2.24) is 15.3 Å². The lowest BCUT2D eigenvalue weighted by Gasteiger charge is -2.33. The fourth-order valence-electron chi connectivity index (χ4n) is 2.56. The third kappa shape index (κ3) is 3.57. The Labute approximate surface area is 128 Å². The minimum atomic E-state index is 0.440. The van der Waals surface area contributed by atoms with Gasteiger partial charge in [0.25, 0.3) is 0 Å². The van der Waals surface area contributed by atoms with E-state index in [1.165, 1.54) is 11.3 Å². The Morgan fingerprint density at radius 1 is 1.38 bits per heavy atom. The quantitative estimate of drug-likeness (QED) is 0.937. The Morgan fingerprint density at radius 2 is 2.24 bits per heavy atom. The van der Waals surface area contributed by atoms with Crippen molar-refractivity contribution in [3.05, 3.63) is 40.3 Å². The van der Waals surface area contributed by atoms with E-state index in [4.69, 9.17) is 5.26 Å². The normalized spacial score (nSPS) is 18.4. The van der Waals surface area contributed by atoms with Crippen molar-refractivity contribution in [2.75, 3.05) is 18.0 Å². The molecule has 5 nitrogen and oxygen atoms in total. The smallest absolute Gasteiger partial charge is 0.225 e. The van der Waals surface area contributed by atoms with Crippen LogP contribution in [0, 0.1) is 11.3 Å². The molecule has 0 saturated carbocycles. The van der Waals surface area contributed by atoms with E-state index in [1.54, 1.807) is 23.7 Å². The van der Waals surface area contributed by atoms with E-state index >= 15 is 0 Å². The fraction of sp³-hybridized carbons (Fsp3) is 0.400. The maximum absolute atomic E-state index is 8.85. The molecule has 0 aliphatic carbocycles. The molecule has 6 heteroatoms. The molecule has 1 saturated heterocycles. The highest BCUT2D eigenvalue weighted by molar-refractivity contribution is 7.12. The van der Waals surface area contributed by atoms with Gasteiger partial charge in [-0.3, -0.25) is 0 Å². The van der Waals surface area contributed by atoms with Gasteiger partial charge in [-0.1, -0.05) is 0 Å². The van der Waals surface area contributed by atoms with Crippen LogP contribution in [-0.4, -0.2) is 29.1 Å². The second-order valence-electron chi connectivity index (χ2n) is 5.09. The lowest BCUT2D eigenvalue weighted by molar-refractivity contribution is 0.419. The predicted molar refractivity (Wildman–Crippen MR) is 83.1 cm³/mol. The van der Waals surface area contributed by atoms with Crippen LogP contribution in [0.15, 0.2) is 30.6 Å². The van der Waals surface area contributed by atoms with Crippen molar-refractivity contribution in [3.63, 3.8) is 0 Å². The van der Waals surface area contributed by atoms with Gasteiger partial charge in [0.2, 0.25) is 5.95 Å². The lowest BCUT2D eigenvalue weighted by atomic mass is 10.1. The van der Waals surface area contributed by atoms with Crippen LogP contribution in [-0.2, 0) is 6.54 Å². The van der Waals surface area contributed by atoms with Gasteiger partial charge in [-0.05, 0) is 31.0 Å². The number of piperidine rings is 1. The van der Waals surface area contributed by atoms with Crippen LogP contribution in [0.25, 0.3) is 0 Å². The number of hydrogen-bond donors (Lipinski definition) is 1. The van der Waals surface area contributed by atoms with Crippen molar-refractivity contribution in [2.45, 2.75) is 25.4 Å². The highest BCUT2D eigenvalue weighted by Gasteiger charge is 2.21. The van der Waals surface area contributed by atoms with Crippen LogP contribution in [0.1, 0.15) is 22.6 Å². The molecule has 108 valence electrons. The third-order valence-corrected chi connectivity index (χ3v) is 4.58. The van der Waals surface area contributed by atoms with Crippen molar-refractivity contribution < 1.29 is 0 Å². The molecule has 3 rings (SSSR count). The van der Waals surface area contributed by atoms with Crippen LogP contribution in [0.3, 0.4) is 0 Å². The molecular formula is C15H17N5S. The monoisotopic (exact) mass is 299 g/mol. The van der Waals surface area contributed by atoms with Gasteiger partial charge in [-0.15, -0.1) is 11.3 Å². The summed E-state index contributed by atoms with van der Waals surface area (Å²) in [6.45, 7) is 2.76. The SMILES string of the molecule is N#Cc1ccc(CNC2CCCN(c3ncccn3)C2)s1. The Bertz CT molecular complexity index is 618. The summed E-state index contributed by atoms with van der Waals surface area (Å²) in [6.07, 6.45) is 5.88. The molecular weight excluding hydrogens is 282 g/mol. The van der Waals surface area contributed by atoms with Gasteiger partial charge >= 0.3 is 0 Å². The largest absolute Gasteiger partial charge is 0.339 e. The Hall–Kier alpha value is -1.97. The first kappa shape index (κ1) is 14.0. The number of nitrogens with one attached hydrogen (secondary N) is 1. The second kappa shape index (κ2) is 6.66. The van der Waals surface area contributed by atoms with Crippen LogP contribution < -0.4 is 10.2 Å². The summed E-state index contributed by atoms with van der Waals surface area (Å²) in [5, 5.41) is 12.4. The number of aromatic nitrogens is 2. The Balaban J connectivity index is 1.55. The van der Waals surface area contributed by atoms with Gasteiger partial charge in [0.1, 0.15) is 10.9 Å². The first-order chi connectivity index (χ1) is 10.3. The molecule has 2 aromatic rings. The van der Waals surface area contributed by atoms with Crippen molar-refractivity contribution in [1.29, 1.82) is 5.26 Å². The molecule has 1 unspecified atom stereocenters. The summed E-state index contributed by atoms with van der Waals surface area (Å²) in [5.74, 6) is 0.812. The molecule has 3 heterocycles. The number of anilines is 1. The fourth-order valence-corrected chi connectivity index (χ4v) is 3.31. The number of nitriles is 1. The first-order valence-corrected chi connectivity index (χ1v) is 7.91. The zero-order valence-electron chi connectivity index (χ0n) is 11.7. The predicted octanol–water partition coefficient (Wildman–Crippen LogP) is 2.17. The standard InChI is InChI=1S/C15H17N5S/c16-9-13-4-5-14(21-13)10-19-12-3-1-8-20(11-12)15-17-6-2-7-18-15/h2,4-7,12,19H,1,3,8,10-11H2. The third-order valence-electron chi connectivity index (χ3n) is 3.59. The highest BCUT2D eigenvalue weighted by Crippen LogP contribution is 2.18. The molecule has 1 aliphatic rings. The van der Waals surface area contributed by atoms with Gasteiger partial charge in [0.15, 0.2) is 0 Å². The molecule has 1 fully saturated rings. The van der Waals surface area contributed by atoms with Crippen molar-refractivity contribution in [2.24, 2.45) is 0 Å². The van der Waals surface area contributed by atoms with Gasteiger partial charge in [-0.25, -0.2) is 9.97 Å². The summed E-state index contributed by atoms with van der Waals surface area (Å²) in [5.41, 5.74) is 0. The summed E-state index contributed by atoms with van der Waals surface area (Å²) < 4.78 is 0. The summed E-state index contributed by atoms with van der Waals surface area (Å²) >= 11 is 1.56. The van der Waals surface area contributed by atoms with Crippen molar-refractivity contribution >= 4 is 17.3 Å². The lowest BCUT2D eigenvalue weighted by Crippen LogP contribution is -2.46. The molecule has 21 heavy (non-hydrogen) atoms. The van der Waals surface area contributed by atoms with E-state index in [0.717, 1.165) is 36.9 Å². The summed E-state index contributed by atoms with van der Waals surface area (Å²) in [4.78, 5) is 12.9. The maximum Gasteiger partial charge on any atom is 0.225 e. The number of thiophene rings is 1. The summed E-state index contributed by atoms with van der Waals surface area (Å²) in [7, 11) is 0. The number of rotatable bonds is 4. The zero-order chi connectivity index (χ0) is 14.5. The molecule has 0 aromatic carbocycles. The topological polar surface area (TPSA) is 64.8 Å². The molecule has 0 bridgehead atoms. The minimum Gasteiger partial charge on any atom is -0.339 e. The molecule has 1 N–H and O–H groups in total. The molecule has 1 atom stereocenters. The first-order valence-electron chi connectivity index (χ1n) is 7.09. The number of nitrogens with zero attached hydrogens (tertiary/aromatic N) is 4. The molecule has 0 amide bonds. The van der Waals surface area contributed by atoms with Crippen LogP contribution in [0.2, 0.25) is 0 Å². The summed E-state index contributed by atoms with van der Waals surface area (Å²) in [6, 6.07) is 8.37. The molecule has 0 radical (unpaired) electrons. The maximum atomic E-state index is 8.85. The minimum absolute atomic E-state index is 0.440. The average molecular weight is 299 g/mol. The molecule has 2 aromatic heterocycles. The highest BCUT2D eigenvalue weighted by atomic mass is 32.1. The second-order valence-corrected chi connectivity index (χ2v) is 6.26. The van der Waals surface area contributed by atoms with E-state index in [-0.39, 0.29) is 0 Å². The van der Waals surface area contributed by atoms with Gasteiger partial charge < -0.3 is 10.2 Å². The van der Waals surface area contributed by atoms with Gasteiger partial charge in [0.05, 0.1) is 0 Å².